The van der Waals surface area contributed by atoms with Gasteiger partial charge in [-0.15, -0.1) is 0 Å². The second-order valence-corrected chi connectivity index (χ2v) is 20.1. The summed E-state index contributed by atoms with van der Waals surface area (Å²) in [5.41, 5.74) is -0.198. The van der Waals surface area contributed by atoms with E-state index < -0.39 is 22.4 Å². The van der Waals surface area contributed by atoms with Gasteiger partial charge >= 0.3 is 5.97 Å². The predicted molar refractivity (Wildman–Crippen MR) is 109 cm³/mol. The molecular weight excluding hydrogens is 350 g/mol. The van der Waals surface area contributed by atoms with E-state index in [1.807, 2.05) is 13.1 Å². The molecule has 0 unspecified atom stereocenters. The fourth-order valence-electron chi connectivity index (χ4n) is 1.45. The van der Waals surface area contributed by atoms with Crippen LogP contribution in [0.5, 0.6) is 0 Å². The number of esters is 1. The lowest BCUT2D eigenvalue weighted by Gasteiger charge is -2.36. The maximum Gasteiger partial charge on any atom is 0.364 e. The summed E-state index contributed by atoms with van der Waals surface area (Å²) in [6.07, 6.45) is 0. The molecule has 0 saturated carbocycles. The van der Waals surface area contributed by atoms with Crippen LogP contribution < -0.4 is 0 Å². The lowest BCUT2D eigenvalue weighted by Crippen LogP contribution is -2.43. The first-order valence-electron chi connectivity index (χ1n) is 8.93. The van der Waals surface area contributed by atoms with Crippen molar-refractivity contribution in [2.75, 3.05) is 6.61 Å². The monoisotopic (exact) mass is 387 g/mol. The lowest BCUT2D eigenvalue weighted by atomic mass is 10.2. The van der Waals surface area contributed by atoms with Crippen molar-refractivity contribution in [3.63, 3.8) is 0 Å². The average Bonchev–Trinajstić information content (AvgIpc) is 2.35. The Labute approximate surface area is 155 Å². The zero-order valence-electron chi connectivity index (χ0n) is 18.0. The molecule has 0 aliphatic carbocycles. The Kier molecular flexibility index (Phi) is 7.85. The van der Waals surface area contributed by atoms with Crippen LogP contribution >= 0.6 is 0 Å². The minimum atomic E-state index is -2.21. The quantitative estimate of drug-likeness (QED) is 0.203. The molecule has 5 nitrogen and oxygen atoms in total. The maximum absolute atomic E-state index is 12.8. The molecule has 146 valence electrons. The number of carbonyl (C=O) groups excluding carboxylic acids is 2. The number of Topliss-reactive ketones (excluding diaryl/α,β-unsaturated/α-hetero) is 1. The summed E-state index contributed by atoms with van der Waals surface area (Å²) in [6, 6.07) is 0.342. The summed E-state index contributed by atoms with van der Waals surface area (Å²) in [5.74, 6) is -0.964. The third-order valence-electron chi connectivity index (χ3n) is 5.54. The Morgan fingerprint density at radius 1 is 0.920 bits per heavy atom. The third kappa shape index (κ3) is 6.69. The molecule has 0 amide bonds. The van der Waals surface area contributed by atoms with Gasteiger partial charge in [-0.1, -0.05) is 59.8 Å². The maximum atomic E-state index is 12.8. The van der Waals surface area contributed by atoms with Gasteiger partial charge in [0.15, 0.2) is 5.78 Å². The van der Waals surface area contributed by atoms with Crippen molar-refractivity contribution < 1.29 is 18.9 Å². The largest absolute Gasteiger partial charge is 0.461 e. The zero-order chi connectivity index (χ0) is 20.3. The van der Waals surface area contributed by atoms with Gasteiger partial charge in [0, 0.05) is 6.04 Å². The number of oxime groups is 1. The van der Waals surface area contributed by atoms with Crippen LogP contribution in [0, 0.1) is 0 Å². The van der Waals surface area contributed by atoms with E-state index in [1.54, 1.807) is 6.92 Å². The Morgan fingerprint density at radius 3 is 1.76 bits per heavy atom. The summed E-state index contributed by atoms with van der Waals surface area (Å²) in [6.45, 7) is 22.9. The molecular formula is C18H37NO4Si2. The van der Waals surface area contributed by atoms with Crippen LogP contribution in [0.3, 0.4) is 0 Å². The number of rotatable bonds is 7. The second-order valence-electron chi connectivity index (χ2n) is 9.75. The Hall–Kier alpha value is -0.956. The van der Waals surface area contributed by atoms with Crippen LogP contribution in [0.2, 0.25) is 42.3 Å². The molecule has 0 aromatic carbocycles. The fourth-order valence-corrected chi connectivity index (χ4v) is 3.54. The minimum Gasteiger partial charge on any atom is -0.461 e. The number of hydrogen-bond donors (Lipinski definition) is 0. The highest BCUT2D eigenvalue weighted by molar-refractivity contribution is 6.86. The SMILES string of the molecule is CCOC(=O)C(=NO[Si](C)(C)C(C)(C)C)C(=O)C[Si](C)(C)C(C)(C)C. The third-order valence-corrected chi connectivity index (χ3v) is 15.0. The zero-order valence-corrected chi connectivity index (χ0v) is 20.0. The van der Waals surface area contributed by atoms with E-state index in [2.05, 4.69) is 59.8 Å². The Balaban J connectivity index is 5.63. The van der Waals surface area contributed by atoms with Crippen LogP contribution in [0.4, 0.5) is 0 Å². The molecule has 0 aromatic heterocycles. The molecule has 0 aliphatic rings. The van der Waals surface area contributed by atoms with Gasteiger partial charge in [-0.25, -0.2) is 4.79 Å². The smallest absolute Gasteiger partial charge is 0.364 e. The van der Waals surface area contributed by atoms with E-state index >= 15 is 0 Å². The normalized spacial score (nSPS) is 14.3. The summed E-state index contributed by atoms with van der Waals surface area (Å²) in [4.78, 5) is 25.1. The van der Waals surface area contributed by atoms with Crippen molar-refractivity contribution in [2.45, 2.75) is 90.8 Å². The molecule has 0 fully saturated rings. The van der Waals surface area contributed by atoms with Crippen molar-refractivity contribution in [1.29, 1.82) is 0 Å². The van der Waals surface area contributed by atoms with Gasteiger partial charge in [-0.3, -0.25) is 4.79 Å². The first-order chi connectivity index (χ1) is 11.0. The highest BCUT2D eigenvalue weighted by Crippen LogP contribution is 2.39. The molecule has 0 bridgehead atoms. The van der Waals surface area contributed by atoms with Gasteiger partial charge in [-0.05, 0) is 30.1 Å². The van der Waals surface area contributed by atoms with Gasteiger partial charge in [-0.2, -0.15) is 0 Å². The molecule has 0 aromatic rings. The van der Waals surface area contributed by atoms with E-state index in [-0.39, 0.29) is 28.2 Å². The number of hydrogen-bond acceptors (Lipinski definition) is 5. The van der Waals surface area contributed by atoms with Crippen molar-refractivity contribution in [1.82, 2.24) is 0 Å². The molecule has 0 spiro atoms. The van der Waals surface area contributed by atoms with Crippen molar-refractivity contribution in [3.8, 4) is 0 Å². The van der Waals surface area contributed by atoms with Gasteiger partial charge < -0.3 is 9.26 Å². The van der Waals surface area contributed by atoms with E-state index in [4.69, 9.17) is 9.26 Å². The number of nitrogens with zero attached hydrogens (tertiary/aromatic N) is 1. The summed E-state index contributed by atoms with van der Waals surface area (Å²) >= 11 is 0. The Bertz CT molecular complexity index is 526. The fraction of sp³-hybridized carbons (Fsp3) is 0.833. The molecule has 0 aliphatic heterocycles. The van der Waals surface area contributed by atoms with Crippen molar-refractivity contribution in [2.24, 2.45) is 5.16 Å². The highest BCUT2D eigenvalue weighted by atomic mass is 28.4. The van der Waals surface area contributed by atoms with E-state index in [9.17, 15) is 9.59 Å². The molecule has 0 N–H and O–H groups in total. The van der Waals surface area contributed by atoms with Crippen LogP contribution in [0.25, 0.3) is 0 Å². The second kappa shape index (κ2) is 8.16. The molecule has 0 rings (SSSR count). The van der Waals surface area contributed by atoms with Gasteiger partial charge in [0.25, 0.3) is 8.32 Å². The first-order valence-corrected chi connectivity index (χ1v) is 15.0. The van der Waals surface area contributed by atoms with Crippen molar-refractivity contribution >= 4 is 33.9 Å². The number of ether oxygens (including phenoxy) is 1. The van der Waals surface area contributed by atoms with Crippen LogP contribution in [0.1, 0.15) is 48.5 Å². The lowest BCUT2D eigenvalue weighted by molar-refractivity contribution is -0.135. The molecule has 0 heterocycles. The van der Waals surface area contributed by atoms with E-state index in [0.717, 1.165) is 0 Å². The molecule has 0 saturated heterocycles. The molecule has 0 atom stereocenters. The van der Waals surface area contributed by atoms with Crippen LogP contribution in [-0.2, 0) is 18.9 Å². The predicted octanol–water partition coefficient (Wildman–Crippen LogP) is 5.00. The average molecular weight is 388 g/mol. The summed E-state index contributed by atoms with van der Waals surface area (Å²) in [5, 5.41) is 4.00. The summed E-state index contributed by atoms with van der Waals surface area (Å²) < 4.78 is 10.8. The van der Waals surface area contributed by atoms with Crippen molar-refractivity contribution in [3.05, 3.63) is 0 Å². The highest BCUT2D eigenvalue weighted by Gasteiger charge is 2.42. The standard InChI is InChI=1S/C18H37NO4Si2/c1-12-22-16(21)15(19-23-25(10,11)18(5,6)7)14(20)13-24(8,9)17(2,3)4/h12-13H2,1-11H3. The molecule has 7 heteroatoms. The van der Waals surface area contributed by atoms with Crippen LogP contribution in [0.15, 0.2) is 5.16 Å². The number of carbonyl (C=O) groups is 2. The van der Waals surface area contributed by atoms with Gasteiger partial charge in [0.1, 0.15) is 0 Å². The minimum absolute atomic E-state index is 0.0444. The molecule has 25 heavy (non-hydrogen) atoms. The van der Waals surface area contributed by atoms with E-state index in [0.29, 0.717) is 6.04 Å². The van der Waals surface area contributed by atoms with Crippen LogP contribution in [-0.4, -0.2) is 40.5 Å². The number of ketones is 1. The Morgan fingerprint density at radius 2 is 1.40 bits per heavy atom. The summed E-state index contributed by atoms with van der Waals surface area (Å²) in [7, 11) is -4.11. The van der Waals surface area contributed by atoms with Gasteiger partial charge in [0.05, 0.1) is 14.7 Å². The first kappa shape index (κ1) is 24.0. The van der Waals surface area contributed by atoms with E-state index in [1.165, 1.54) is 0 Å². The molecule has 0 radical (unpaired) electrons. The topological polar surface area (TPSA) is 65.0 Å². The van der Waals surface area contributed by atoms with Gasteiger partial charge in [0.2, 0.25) is 5.71 Å².